The molecule has 18 heavy (non-hydrogen) atoms. The molecule has 1 aliphatic rings. The van der Waals surface area contributed by atoms with Crippen molar-refractivity contribution in [2.24, 2.45) is 11.8 Å². The van der Waals surface area contributed by atoms with Gasteiger partial charge < -0.3 is 0 Å². The maximum atomic E-state index is 5.79. The maximum Gasteiger partial charge on any atom is 0.0241 e. The Labute approximate surface area is 115 Å². The lowest BCUT2D eigenvalue weighted by Crippen LogP contribution is -2.41. The topological polar surface area (TPSA) is 38.0 Å². The van der Waals surface area contributed by atoms with E-state index in [0.29, 0.717) is 6.04 Å². The van der Waals surface area contributed by atoms with Crippen LogP contribution in [0.2, 0.25) is 0 Å². The molecule has 1 aromatic heterocycles. The average molecular weight is 266 g/mol. The predicted octanol–water partition coefficient (Wildman–Crippen LogP) is 3.87. The van der Waals surface area contributed by atoms with Crippen LogP contribution >= 0.6 is 11.3 Å². The van der Waals surface area contributed by atoms with Crippen LogP contribution in [0.15, 0.2) is 16.8 Å². The Morgan fingerprint density at radius 3 is 2.56 bits per heavy atom. The molecule has 0 bridgehead atoms. The van der Waals surface area contributed by atoms with E-state index in [4.69, 9.17) is 5.84 Å². The van der Waals surface area contributed by atoms with Crippen LogP contribution in [-0.4, -0.2) is 6.04 Å². The molecular formula is C15H26N2S. The standard InChI is InChI=1S/C15H26N2S/c16-17-15(9-8-13-10-11-18-12-13)14-6-4-2-1-3-5-7-14/h10-12,14-15,17H,1-9,16H2. The molecule has 3 heteroatoms. The van der Waals surface area contributed by atoms with Crippen molar-refractivity contribution in [3.8, 4) is 0 Å². The minimum absolute atomic E-state index is 0.503. The SMILES string of the molecule is NNC(CCc1ccsc1)C1CCCCCCC1. The van der Waals surface area contributed by atoms with Crippen molar-refractivity contribution in [1.29, 1.82) is 0 Å². The lowest BCUT2D eigenvalue weighted by molar-refractivity contribution is 0.275. The van der Waals surface area contributed by atoms with Gasteiger partial charge in [0.15, 0.2) is 0 Å². The molecule has 1 saturated carbocycles. The van der Waals surface area contributed by atoms with E-state index < -0.39 is 0 Å². The Kier molecular flexibility index (Phi) is 6.18. The van der Waals surface area contributed by atoms with Gasteiger partial charge in [-0.05, 0) is 54.0 Å². The minimum atomic E-state index is 0.503. The van der Waals surface area contributed by atoms with Crippen molar-refractivity contribution >= 4 is 11.3 Å². The predicted molar refractivity (Wildman–Crippen MR) is 79.6 cm³/mol. The highest BCUT2D eigenvalue weighted by Gasteiger charge is 2.20. The monoisotopic (exact) mass is 266 g/mol. The van der Waals surface area contributed by atoms with E-state index in [1.807, 2.05) is 0 Å². The number of thiophene rings is 1. The fraction of sp³-hybridized carbons (Fsp3) is 0.733. The minimum Gasteiger partial charge on any atom is -0.271 e. The first-order valence-electron chi connectivity index (χ1n) is 7.37. The number of rotatable bonds is 5. The van der Waals surface area contributed by atoms with Crippen LogP contribution in [0, 0.1) is 5.92 Å². The smallest absolute Gasteiger partial charge is 0.0241 e. The molecule has 0 aromatic carbocycles. The van der Waals surface area contributed by atoms with Crippen LogP contribution < -0.4 is 11.3 Å². The fourth-order valence-corrected chi connectivity index (χ4v) is 3.81. The van der Waals surface area contributed by atoms with E-state index >= 15 is 0 Å². The summed E-state index contributed by atoms with van der Waals surface area (Å²) in [4.78, 5) is 0. The number of nitrogens with two attached hydrogens (primary N) is 1. The van der Waals surface area contributed by atoms with Crippen LogP contribution in [0.25, 0.3) is 0 Å². The second-order valence-corrected chi connectivity index (χ2v) is 6.33. The Bertz CT molecular complexity index is 302. The van der Waals surface area contributed by atoms with Gasteiger partial charge in [0.25, 0.3) is 0 Å². The van der Waals surface area contributed by atoms with E-state index in [0.717, 1.165) is 12.3 Å². The third-order valence-electron chi connectivity index (χ3n) is 4.26. The molecule has 1 fully saturated rings. The second-order valence-electron chi connectivity index (χ2n) is 5.55. The van der Waals surface area contributed by atoms with Gasteiger partial charge in [0.05, 0.1) is 0 Å². The van der Waals surface area contributed by atoms with Gasteiger partial charge in [-0.3, -0.25) is 11.3 Å². The molecule has 1 unspecified atom stereocenters. The summed E-state index contributed by atoms with van der Waals surface area (Å²) in [5, 5.41) is 4.42. The summed E-state index contributed by atoms with van der Waals surface area (Å²) in [5.41, 5.74) is 4.55. The summed E-state index contributed by atoms with van der Waals surface area (Å²) >= 11 is 1.79. The second kappa shape index (κ2) is 7.93. The molecule has 0 spiro atoms. The number of nitrogens with one attached hydrogen (secondary N) is 1. The van der Waals surface area contributed by atoms with Crippen LogP contribution in [-0.2, 0) is 6.42 Å². The zero-order chi connectivity index (χ0) is 12.6. The molecule has 0 radical (unpaired) electrons. The zero-order valence-corrected chi connectivity index (χ0v) is 12.1. The fourth-order valence-electron chi connectivity index (χ4n) is 3.10. The van der Waals surface area contributed by atoms with Gasteiger partial charge in [-0.25, -0.2) is 0 Å². The highest BCUT2D eigenvalue weighted by molar-refractivity contribution is 7.07. The van der Waals surface area contributed by atoms with Crippen molar-refractivity contribution < 1.29 is 0 Å². The average Bonchev–Trinajstić information content (AvgIpc) is 2.84. The molecule has 0 amide bonds. The van der Waals surface area contributed by atoms with Gasteiger partial charge in [0.2, 0.25) is 0 Å². The van der Waals surface area contributed by atoms with Gasteiger partial charge >= 0.3 is 0 Å². The molecule has 1 aliphatic carbocycles. The Hall–Kier alpha value is -0.380. The molecule has 3 N–H and O–H groups in total. The van der Waals surface area contributed by atoms with Gasteiger partial charge in [0, 0.05) is 6.04 Å². The molecule has 102 valence electrons. The zero-order valence-electron chi connectivity index (χ0n) is 11.2. The summed E-state index contributed by atoms with van der Waals surface area (Å²) in [6.45, 7) is 0. The van der Waals surface area contributed by atoms with E-state index in [1.54, 1.807) is 11.3 Å². The quantitative estimate of drug-likeness (QED) is 0.627. The number of hydrogen-bond donors (Lipinski definition) is 2. The van der Waals surface area contributed by atoms with Crippen LogP contribution in [0.3, 0.4) is 0 Å². The van der Waals surface area contributed by atoms with Gasteiger partial charge in [-0.2, -0.15) is 11.3 Å². The number of hydrogen-bond acceptors (Lipinski definition) is 3. The maximum absolute atomic E-state index is 5.79. The summed E-state index contributed by atoms with van der Waals surface area (Å²) in [5.74, 6) is 6.57. The molecule has 1 aromatic rings. The summed E-state index contributed by atoms with van der Waals surface area (Å²) in [6, 6.07) is 2.74. The number of aryl methyl sites for hydroxylation is 1. The van der Waals surface area contributed by atoms with E-state index in [-0.39, 0.29) is 0 Å². The molecule has 1 atom stereocenters. The van der Waals surface area contributed by atoms with Crippen molar-refractivity contribution in [2.45, 2.75) is 63.8 Å². The van der Waals surface area contributed by atoms with Crippen LogP contribution in [0.4, 0.5) is 0 Å². The first kappa shape index (κ1) is 14.0. The molecule has 1 heterocycles. The van der Waals surface area contributed by atoms with Crippen molar-refractivity contribution in [2.75, 3.05) is 0 Å². The summed E-state index contributed by atoms with van der Waals surface area (Å²) in [7, 11) is 0. The van der Waals surface area contributed by atoms with E-state index in [2.05, 4.69) is 22.3 Å². The molecule has 0 aliphatic heterocycles. The first-order chi connectivity index (χ1) is 8.90. The normalized spacial score (nSPS) is 20.3. The Morgan fingerprint density at radius 1 is 1.22 bits per heavy atom. The third kappa shape index (κ3) is 4.38. The lowest BCUT2D eigenvalue weighted by atomic mass is 9.84. The Balaban J connectivity index is 1.81. The van der Waals surface area contributed by atoms with Crippen molar-refractivity contribution in [1.82, 2.24) is 5.43 Å². The van der Waals surface area contributed by atoms with E-state index in [1.165, 1.54) is 56.9 Å². The lowest BCUT2D eigenvalue weighted by Gasteiger charge is -2.28. The molecule has 2 nitrogen and oxygen atoms in total. The Morgan fingerprint density at radius 2 is 1.94 bits per heavy atom. The van der Waals surface area contributed by atoms with Crippen molar-refractivity contribution in [3.05, 3.63) is 22.4 Å². The highest BCUT2D eigenvalue weighted by Crippen LogP contribution is 2.26. The van der Waals surface area contributed by atoms with Gasteiger partial charge in [0.1, 0.15) is 0 Å². The first-order valence-corrected chi connectivity index (χ1v) is 8.31. The number of hydrazine groups is 1. The summed E-state index contributed by atoms with van der Waals surface area (Å²) < 4.78 is 0. The summed E-state index contributed by atoms with van der Waals surface area (Å²) in [6.07, 6.45) is 12.1. The highest BCUT2D eigenvalue weighted by atomic mass is 32.1. The third-order valence-corrected chi connectivity index (χ3v) is 4.99. The van der Waals surface area contributed by atoms with E-state index in [9.17, 15) is 0 Å². The van der Waals surface area contributed by atoms with Crippen LogP contribution in [0.5, 0.6) is 0 Å². The van der Waals surface area contributed by atoms with Crippen molar-refractivity contribution in [3.63, 3.8) is 0 Å². The van der Waals surface area contributed by atoms with Crippen LogP contribution in [0.1, 0.15) is 56.9 Å². The molecule has 2 rings (SSSR count). The van der Waals surface area contributed by atoms with Gasteiger partial charge in [-0.15, -0.1) is 0 Å². The molecular weight excluding hydrogens is 240 g/mol. The molecule has 0 saturated heterocycles. The largest absolute Gasteiger partial charge is 0.271 e. The van der Waals surface area contributed by atoms with Gasteiger partial charge in [-0.1, -0.05) is 32.1 Å².